The van der Waals surface area contributed by atoms with Gasteiger partial charge in [-0.1, -0.05) is 30.3 Å². The lowest BCUT2D eigenvalue weighted by atomic mass is 9.93. The van der Waals surface area contributed by atoms with Crippen LogP contribution in [0.1, 0.15) is 39.2 Å². The summed E-state index contributed by atoms with van der Waals surface area (Å²) in [7, 11) is 0. The minimum Gasteiger partial charge on any atom is -0.444 e. The lowest BCUT2D eigenvalue weighted by Gasteiger charge is -2.26. The van der Waals surface area contributed by atoms with Gasteiger partial charge in [-0.05, 0) is 45.6 Å². The normalized spacial score (nSPS) is 17.0. The number of hydrogen-bond donors (Lipinski definition) is 1. The summed E-state index contributed by atoms with van der Waals surface area (Å²) in [5, 5.41) is 4.11. The van der Waals surface area contributed by atoms with Crippen LogP contribution >= 0.6 is 0 Å². The van der Waals surface area contributed by atoms with Crippen molar-refractivity contribution < 1.29 is 24.0 Å². The Morgan fingerprint density at radius 1 is 1.19 bits per heavy atom. The zero-order valence-corrected chi connectivity index (χ0v) is 16.1. The highest BCUT2D eigenvalue weighted by Crippen LogP contribution is 2.18. The van der Waals surface area contributed by atoms with Gasteiger partial charge in [0.1, 0.15) is 17.9 Å². The van der Waals surface area contributed by atoms with Crippen molar-refractivity contribution in [3.63, 3.8) is 0 Å². The molecule has 1 aromatic rings. The number of rotatable bonds is 7. The third-order valence-corrected chi connectivity index (χ3v) is 4.15. The summed E-state index contributed by atoms with van der Waals surface area (Å²) in [6.45, 7) is 6.53. The van der Waals surface area contributed by atoms with Gasteiger partial charge in [-0.15, -0.1) is 5.06 Å². The van der Waals surface area contributed by atoms with E-state index < -0.39 is 29.6 Å². The molecule has 7 nitrogen and oxygen atoms in total. The number of carbonyl (C=O) groups is 3. The SMILES string of the molecule is CC(C)(C)OC(=O)N[C@H](C=O)C(Cc1ccccc1)C(=O)ON1CCCC1. The van der Waals surface area contributed by atoms with Crippen LogP contribution in [0.25, 0.3) is 0 Å². The van der Waals surface area contributed by atoms with E-state index in [1.807, 2.05) is 30.3 Å². The van der Waals surface area contributed by atoms with Crippen molar-refractivity contribution in [2.24, 2.45) is 5.92 Å². The van der Waals surface area contributed by atoms with E-state index in [0.29, 0.717) is 19.4 Å². The molecule has 0 radical (unpaired) electrons. The molecule has 1 saturated heterocycles. The van der Waals surface area contributed by atoms with Crippen LogP contribution in [0, 0.1) is 5.92 Å². The summed E-state index contributed by atoms with van der Waals surface area (Å²) < 4.78 is 5.21. The van der Waals surface area contributed by atoms with Crippen LogP contribution < -0.4 is 5.32 Å². The van der Waals surface area contributed by atoms with E-state index >= 15 is 0 Å². The van der Waals surface area contributed by atoms with Crippen molar-refractivity contribution in [3.05, 3.63) is 35.9 Å². The Hall–Kier alpha value is -2.41. The fourth-order valence-corrected chi connectivity index (χ4v) is 2.87. The standard InChI is InChI=1S/C20H28N2O5/c1-20(2,3)26-19(25)21-17(14-23)16(13-15-9-5-4-6-10-15)18(24)27-22-11-7-8-12-22/h4-6,9-10,14,16-17H,7-8,11-13H2,1-3H3,(H,21,25)/t16?,17-/m1/s1. The molecule has 1 fully saturated rings. The molecule has 1 aliphatic rings. The van der Waals surface area contributed by atoms with Crippen LogP contribution in [0.3, 0.4) is 0 Å². The van der Waals surface area contributed by atoms with Gasteiger partial charge < -0.3 is 19.7 Å². The Morgan fingerprint density at radius 2 is 1.81 bits per heavy atom. The van der Waals surface area contributed by atoms with Gasteiger partial charge >= 0.3 is 12.1 Å². The predicted octanol–water partition coefficient (Wildman–Crippen LogP) is 2.49. The number of hydroxylamine groups is 2. The highest BCUT2D eigenvalue weighted by molar-refractivity contribution is 5.82. The topological polar surface area (TPSA) is 84.9 Å². The molecular formula is C20H28N2O5. The summed E-state index contributed by atoms with van der Waals surface area (Å²) in [6.07, 6.45) is 2.01. The second-order valence-electron chi connectivity index (χ2n) is 7.65. The molecule has 0 aliphatic carbocycles. The zero-order valence-electron chi connectivity index (χ0n) is 16.1. The lowest BCUT2D eigenvalue weighted by Crippen LogP contribution is -2.48. The van der Waals surface area contributed by atoms with Crippen molar-refractivity contribution in [2.75, 3.05) is 13.1 Å². The Balaban J connectivity index is 2.13. The third kappa shape index (κ3) is 7.02. The van der Waals surface area contributed by atoms with Crippen molar-refractivity contribution in [1.82, 2.24) is 10.4 Å². The summed E-state index contributed by atoms with van der Waals surface area (Å²) in [5.41, 5.74) is 0.168. The molecule has 0 bridgehead atoms. The van der Waals surface area contributed by atoms with Crippen LogP contribution in [0.2, 0.25) is 0 Å². The van der Waals surface area contributed by atoms with Crippen LogP contribution in [0.5, 0.6) is 0 Å². The molecule has 1 heterocycles. The molecule has 0 spiro atoms. The summed E-state index contributed by atoms with van der Waals surface area (Å²) in [6, 6.07) is 8.27. The monoisotopic (exact) mass is 376 g/mol. The van der Waals surface area contributed by atoms with Crippen LogP contribution in [0.4, 0.5) is 4.79 Å². The first-order valence-electron chi connectivity index (χ1n) is 9.24. The van der Waals surface area contributed by atoms with Gasteiger partial charge in [0.15, 0.2) is 0 Å². The molecule has 1 N–H and O–H groups in total. The van der Waals surface area contributed by atoms with E-state index in [0.717, 1.165) is 18.4 Å². The Bertz CT molecular complexity index is 636. The van der Waals surface area contributed by atoms with Crippen molar-refractivity contribution in [1.29, 1.82) is 0 Å². The average molecular weight is 376 g/mol. The van der Waals surface area contributed by atoms with Crippen molar-refractivity contribution in [3.8, 4) is 0 Å². The Kier molecular flexibility index (Phi) is 7.36. The van der Waals surface area contributed by atoms with E-state index in [4.69, 9.17) is 9.57 Å². The van der Waals surface area contributed by atoms with Gasteiger partial charge in [0.25, 0.3) is 0 Å². The molecule has 0 saturated carbocycles. The number of benzene rings is 1. The molecule has 1 amide bonds. The van der Waals surface area contributed by atoms with Gasteiger partial charge in [0.2, 0.25) is 0 Å². The summed E-state index contributed by atoms with van der Waals surface area (Å²) >= 11 is 0. The third-order valence-electron chi connectivity index (χ3n) is 4.15. The number of nitrogens with zero attached hydrogens (tertiary/aromatic N) is 1. The molecule has 1 aliphatic heterocycles. The van der Waals surface area contributed by atoms with E-state index in [1.165, 1.54) is 0 Å². The molecule has 148 valence electrons. The van der Waals surface area contributed by atoms with Crippen LogP contribution in [-0.2, 0) is 25.6 Å². The quantitative estimate of drug-likeness (QED) is 0.736. The van der Waals surface area contributed by atoms with E-state index in [2.05, 4.69) is 5.32 Å². The van der Waals surface area contributed by atoms with Gasteiger partial charge in [-0.2, -0.15) is 0 Å². The van der Waals surface area contributed by atoms with E-state index in [-0.39, 0.29) is 6.42 Å². The Labute approximate surface area is 160 Å². The van der Waals surface area contributed by atoms with Crippen molar-refractivity contribution >= 4 is 18.3 Å². The number of aldehydes is 1. The second kappa shape index (κ2) is 9.50. The van der Waals surface area contributed by atoms with E-state index in [1.54, 1.807) is 25.8 Å². The molecule has 2 atom stereocenters. The lowest BCUT2D eigenvalue weighted by molar-refractivity contribution is -0.191. The number of hydrogen-bond acceptors (Lipinski definition) is 6. The molecule has 1 aromatic carbocycles. The maximum atomic E-state index is 12.8. The first-order valence-corrected chi connectivity index (χ1v) is 9.24. The molecule has 7 heteroatoms. The van der Waals surface area contributed by atoms with Crippen molar-refractivity contribution in [2.45, 2.75) is 51.7 Å². The highest BCUT2D eigenvalue weighted by atomic mass is 16.7. The largest absolute Gasteiger partial charge is 0.444 e. The molecular weight excluding hydrogens is 348 g/mol. The fraction of sp³-hybridized carbons (Fsp3) is 0.550. The Morgan fingerprint density at radius 3 is 2.37 bits per heavy atom. The maximum Gasteiger partial charge on any atom is 0.408 e. The maximum absolute atomic E-state index is 12.8. The zero-order chi connectivity index (χ0) is 19.9. The predicted molar refractivity (Wildman–Crippen MR) is 99.8 cm³/mol. The number of ether oxygens (including phenoxy) is 1. The molecule has 1 unspecified atom stereocenters. The highest BCUT2D eigenvalue weighted by Gasteiger charge is 2.34. The van der Waals surface area contributed by atoms with Crippen LogP contribution in [0.15, 0.2) is 30.3 Å². The summed E-state index contributed by atoms with van der Waals surface area (Å²) in [4.78, 5) is 42.0. The van der Waals surface area contributed by atoms with Gasteiger partial charge in [-0.25, -0.2) is 9.59 Å². The second-order valence-corrected chi connectivity index (χ2v) is 7.65. The number of amides is 1. The number of nitrogens with one attached hydrogen (secondary N) is 1. The van der Waals surface area contributed by atoms with E-state index in [9.17, 15) is 14.4 Å². The first-order chi connectivity index (χ1) is 12.8. The first kappa shape index (κ1) is 20.9. The minimum atomic E-state index is -1.05. The number of carbonyl (C=O) groups excluding carboxylic acids is 3. The smallest absolute Gasteiger partial charge is 0.408 e. The minimum absolute atomic E-state index is 0.271. The fourth-order valence-electron chi connectivity index (χ4n) is 2.87. The van der Waals surface area contributed by atoms with Gasteiger partial charge in [0, 0.05) is 13.1 Å². The van der Waals surface area contributed by atoms with Gasteiger partial charge in [-0.3, -0.25) is 0 Å². The average Bonchev–Trinajstić information content (AvgIpc) is 3.10. The van der Waals surface area contributed by atoms with Gasteiger partial charge in [0.05, 0.1) is 5.92 Å². The summed E-state index contributed by atoms with van der Waals surface area (Å²) in [5.74, 6) is -1.38. The number of alkyl carbamates (subject to hydrolysis) is 1. The molecule has 2 rings (SSSR count). The van der Waals surface area contributed by atoms with Crippen LogP contribution in [-0.4, -0.2) is 48.1 Å². The molecule has 27 heavy (non-hydrogen) atoms. The molecule has 0 aromatic heterocycles.